The zero-order chi connectivity index (χ0) is 16.9. The lowest BCUT2D eigenvalue weighted by atomic mass is 10.1. The van der Waals surface area contributed by atoms with Gasteiger partial charge in [-0.2, -0.15) is 13.2 Å². The summed E-state index contributed by atoms with van der Waals surface area (Å²) in [7, 11) is 0. The molecule has 0 spiro atoms. The van der Waals surface area contributed by atoms with Crippen molar-refractivity contribution in [1.82, 2.24) is 4.98 Å². The van der Waals surface area contributed by atoms with Crippen LogP contribution in [0.4, 0.5) is 13.2 Å². The van der Waals surface area contributed by atoms with Crippen molar-refractivity contribution in [2.75, 3.05) is 13.2 Å². The molecule has 0 bridgehead atoms. The Hall–Kier alpha value is -2.15. The third kappa shape index (κ3) is 5.52. The molecule has 7 heteroatoms. The molecular weight excluding hydrogens is 311 g/mol. The van der Waals surface area contributed by atoms with Crippen molar-refractivity contribution in [2.24, 2.45) is 0 Å². The lowest BCUT2D eigenvalue weighted by Gasteiger charge is -2.14. The smallest absolute Gasteiger partial charge is 0.411 e. The number of halogens is 3. The molecule has 124 valence electrons. The molecule has 2 aromatic rings. The van der Waals surface area contributed by atoms with E-state index in [1.807, 2.05) is 30.3 Å². The van der Waals surface area contributed by atoms with Gasteiger partial charge in [-0.1, -0.05) is 18.2 Å². The van der Waals surface area contributed by atoms with Crippen molar-refractivity contribution in [3.05, 3.63) is 42.1 Å². The predicted molar refractivity (Wildman–Crippen MR) is 77.7 cm³/mol. The average Bonchev–Trinajstić information content (AvgIpc) is 2.50. The number of fused-ring (bicyclic) bond motifs is 1. The Kier molecular flexibility index (Phi) is 5.54. The molecule has 2 rings (SSSR count). The summed E-state index contributed by atoms with van der Waals surface area (Å²) < 4.78 is 45.2. The number of carbonyl (C=O) groups is 1. The summed E-state index contributed by atoms with van der Waals surface area (Å²) in [4.78, 5) is 15.9. The summed E-state index contributed by atoms with van der Waals surface area (Å²) in [5, 5.41) is 0.918. The molecule has 0 amide bonds. The second-order valence-corrected chi connectivity index (χ2v) is 5.01. The molecule has 0 aliphatic heterocycles. The Balaban J connectivity index is 1.85. The van der Waals surface area contributed by atoms with Gasteiger partial charge in [-0.05, 0) is 19.1 Å². The molecule has 0 radical (unpaired) electrons. The first kappa shape index (κ1) is 17.2. The molecule has 0 aliphatic carbocycles. The third-order valence-electron chi connectivity index (χ3n) is 3.11. The van der Waals surface area contributed by atoms with Crippen LogP contribution in [-0.4, -0.2) is 30.3 Å². The maximum atomic E-state index is 11.9. The zero-order valence-electron chi connectivity index (χ0n) is 12.5. The highest BCUT2D eigenvalue weighted by molar-refractivity contribution is 5.79. The van der Waals surface area contributed by atoms with E-state index < -0.39 is 24.9 Å². The van der Waals surface area contributed by atoms with Gasteiger partial charge in [-0.25, -0.2) is 0 Å². The molecule has 4 nitrogen and oxygen atoms in total. The van der Waals surface area contributed by atoms with Crippen LogP contribution in [0.3, 0.4) is 0 Å². The molecule has 0 fully saturated rings. The van der Waals surface area contributed by atoms with Gasteiger partial charge in [-0.3, -0.25) is 9.78 Å². The Morgan fingerprint density at radius 3 is 2.78 bits per heavy atom. The number of benzene rings is 1. The van der Waals surface area contributed by atoms with Crippen molar-refractivity contribution < 1.29 is 27.4 Å². The predicted octanol–water partition coefficient (Wildman–Crippen LogP) is 3.81. The Bertz CT molecular complexity index is 673. The minimum Gasteiger partial charge on any atom is -0.458 e. The topological polar surface area (TPSA) is 48.4 Å². The van der Waals surface area contributed by atoms with Crippen molar-refractivity contribution in [3.8, 4) is 0 Å². The van der Waals surface area contributed by atoms with Gasteiger partial charge in [0.1, 0.15) is 12.7 Å². The summed E-state index contributed by atoms with van der Waals surface area (Å²) in [6.45, 7) is -0.0221. The first-order valence-corrected chi connectivity index (χ1v) is 7.04. The van der Waals surface area contributed by atoms with E-state index in [1.165, 1.54) is 0 Å². The van der Waals surface area contributed by atoms with Crippen LogP contribution in [0.25, 0.3) is 10.9 Å². The van der Waals surface area contributed by atoms with Crippen LogP contribution >= 0.6 is 0 Å². The zero-order valence-corrected chi connectivity index (χ0v) is 12.5. The van der Waals surface area contributed by atoms with Crippen LogP contribution in [0.2, 0.25) is 0 Å². The number of aromatic nitrogens is 1. The van der Waals surface area contributed by atoms with Gasteiger partial charge in [0.05, 0.1) is 18.5 Å². The molecular formula is C16H16F3NO3. The fraction of sp³-hybridized carbons (Fsp3) is 0.375. The SMILES string of the molecule is CC(OC(=O)CCOCC(F)(F)F)c1cnc2ccccc2c1. The molecule has 0 saturated carbocycles. The van der Waals surface area contributed by atoms with E-state index in [0.29, 0.717) is 5.56 Å². The number of esters is 1. The molecule has 0 saturated heterocycles. The summed E-state index contributed by atoms with van der Waals surface area (Å²) in [6.07, 6.45) is -3.56. The lowest BCUT2D eigenvalue weighted by Crippen LogP contribution is -2.19. The van der Waals surface area contributed by atoms with E-state index >= 15 is 0 Å². The van der Waals surface area contributed by atoms with Crippen molar-refractivity contribution in [1.29, 1.82) is 0 Å². The number of alkyl halides is 3. The van der Waals surface area contributed by atoms with Crippen LogP contribution in [0.15, 0.2) is 36.5 Å². The van der Waals surface area contributed by atoms with Crippen LogP contribution in [0.5, 0.6) is 0 Å². The lowest BCUT2D eigenvalue weighted by molar-refractivity contribution is -0.177. The molecule has 23 heavy (non-hydrogen) atoms. The molecule has 1 aromatic heterocycles. The average molecular weight is 327 g/mol. The standard InChI is InChI=1S/C16H16F3NO3/c1-11(23-15(21)6-7-22-10-16(17,18)19)13-8-12-4-2-3-5-14(12)20-9-13/h2-5,8-9,11H,6-7,10H2,1H3. The first-order chi connectivity index (χ1) is 10.8. The molecule has 0 N–H and O–H groups in total. The Morgan fingerprint density at radius 1 is 1.30 bits per heavy atom. The van der Waals surface area contributed by atoms with Gasteiger partial charge >= 0.3 is 12.1 Å². The first-order valence-electron chi connectivity index (χ1n) is 7.04. The molecule has 1 unspecified atom stereocenters. The van der Waals surface area contributed by atoms with Gasteiger partial charge in [0.25, 0.3) is 0 Å². The van der Waals surface area contributed by atoms with Crippen LogP contribution < -0.4 is 0 Å². The van der Waals surface area contributed by atoms with Crippen LogP contribution in [0, 0.1) is 0 Å². The second-order valence-electron chi connectivity index (χ2n) is 5.01. The number of pyridine rings is 1. The highest BCUT2D eigenvalue weighted by atomic mass is 19.4. The summed E-state index contributed by atoms with van der Waals surface area (Å²) in [5.41, 5.74) is 1.54. The van der Waals surface area contributed by atoms with Gasteiger partial charge in [0.2, 0.25) is 0 Å². The minimum absolute atomic E-state index is 0.235. The summed E-state index contributed by atoms with van der Waals surface area (Å²) in [6, 6.07) is 9.38. The summed E-state index contributed by atoms with van der Waals surface area (Å²) in [5.74, 6) is -0.618. The van der Waals surface area contributed by atoms with E-state index in [0.717, 1.165) is 10.9 Å². The van der Waals surface area contributed by atoms with Crippen LogP contribution in [0.1, 0.15) is 25.0 Å². The second kappa shape index (κ2) is 7.41. The number of nitrogens with zero attached hydrogens (tertiary/aromatic N) is 1. The van der Waals surface area contributed by atoms with Crippen molar-refractivity contribution >= 4 is 16.9 Å². The van der Waals surface area contributed by atoms with E-state index in [9.17, 15) is 18.0 Å². The molecule has 1 heterocycles. The van der Waals surface area contributed by atoms with Gasteiger partial charge in [-0.15, -0.1) is 0 Å². The normalized spacial score (nSPS) is 13.0. The van der Waals surface area contributed by atoms with Gasteiger partial charge in [0, 0.05) is 17.1 Å². The largest absolute Gasteiger partial charge is 0.458 e. The quantitative estimate of drug-likeness (QED) is 0.598. The van der Waals surface area contributed by atoms with E-state index in [-0.39, 0.29) is 13.0 Å². The van der Waals surface area contributed by atoms with Crippen molar-refractivity contribution in [2.45, 2.75) is 25.6 Å². The molecule has 0 aliphatic rings. The highest BCUT2D eigenvalue weighted by Crippen LogP contribution is 2.21. The van der Waals surface area contributed by atoms with Gasteiger partial charge < -0.3 is 9.47 Å². The highest BCUT2D eigenvalue weighted by Gasteiger charge is 2.27. The van der Waals surface area contributed by atoms with Gasteiger partial charge in [0.15, 0.2) is 0 Å². The number of hydrogen-bond donors (Lipinski definition) is 0. The number of para-hydroxylation sites is 1. The van der Waals surface area contributed by atoms with E-state index in [2.05, 4.69) is 9.72 Å². The van der Waals surface area contributed by atoms with Crippen LogP contribution in [-0.2, 0) is 14.3 Å². The van der Waals surface area contributed by atoms with E-state index in [1.54, 1.807) is 13.1 Å². The number of ether oxygens (including phenoxy) is 2. The number of rotatable bonds is 6. The fourth-order valence-electron chi connectivity index (χ4n) is 1.98. The maximum absolute atomic E-state index is 11.9. The monoisotopic (exact) mass is 327 g/mol. The minimum atomic E-state index is -4.39. The number of carbonyl (C=O) groups excluding carboxylic acids is 1. The third-order valence-corrected chi connectivity index (χ3v) is 3.11. The fourth-order valence-corrected chi connectivity index (χ4v) is 1.98. The maximum Gasteiger partial charge on any atom is 0.411 e. The Morgan fingerprint density at radius 2 is 2.04 bits per heavy atom. The number of hydrogen-bond acceptors (Lipinski definition) is 4. The van der Waals surface area contributed by atoms with Crippen molar-refractivity contribution in [3.63, 3.8) is 0 Å². The molecule has 1 aromatic carbocycles. The molecule has 1 atom stereocenters. The summed E-state index contributed by atoms with van der Waals surface area (Å²) >= 11 is 0. The van der Waals surface area contributed by atoms with E-state index in [4.69, 9.17) is 4.74 Å². The Labute approximate surface area is 131 Å².